The van der Waals surface area contributed by atoms with E-state index in [1.165, 1.54) is 5.56 Å². The Morgan fingerprint density at radius 3 is 2.77 bits per heavy atom. The van der Waals surface area contributed by atoms with Crippen LogP contribution in [0.5, 0.6) is 0 Å². The molecule has 6 aromatic heterocycles. The highest BCUT2D eigenvalue weighted by Gasteiger charge is 2.15. The number of aromatic amines is 2. The number of anilines is 1. The first-order chi connectivity index (χ1) is 14.8. The zero-order valence-corrected chi connectivity index (χ0v) is 16.4. The second kappa shape index (κ2) is 6.50. The number of rotatable bonds is 3. The lowest BCUT2D eigenvalue weighted by Gasteiger charge is -2.02. The van der Waals surface area contributed by atoms with Crippen molar-refractivity contribution in [3.8, 4) is 33.8 Å². The van der Waals surface area contributed by atoms with Gasteiger partial charge < -0.3 is 10.7 Å². The van der Waals surface area contributed by atoms with Gasteiger partial charge >= 0.3 is 0 Å². The molecule has 144 valence electrons. The summed E-state index contributed by atoms with van der Waals surface area (Å²) in [5.74, 6) is 0. The van der Waals surface area contributed by atoms with Crippen molar-refractivity contribution in [1.29, 1.82) is 0 Å². The smallest absolute Gasteiger partial charge is 0.138 e. The zero-order valence-electron chi connectivity index (χ0n) is 15.6. The van der Waals surface area contributed by atoms with Gasteiger partial charge in [0, 0.05) is 34.9 Å². The molecule has 0 aliphatic carbocycles. The van der Waals surface area contributed by atoms with Crippen molar-refractivity contribution in [2.24, 2.45) is 0 Å². The molecule has 6 rings (SSSR count). The topological polar surface area (TPSA) is 109 Å². The van der Waals surface area contributed by atoms with Crippen LogP contribution >= 0.6 is 11.3 Å². The molecule has 6 aromatic rings. The maximum Gasteiger partial charge on any atom is 0.138 e. The summed E-state index contributed by atoms with van der Waals surface area (Å²) in [5, 5.41) is 13.9. The Bertz CT molecular complexity index is 1510. The Morgan fingerprint density at radius 2 is 1.90 bits per heavy atom. The molecule has 0 aromatic carbocycles. The summed E-state index contributed by atoms with van der Waals surface area (Å²) in [6, 6.07) is 10.1. The van der Waals surface area contributed by atoms with Crippen molar-refractivity contribution in [3.63, 3.8) is 0 Å². The Kier molecular flexibility index (Phi) is 3.65. The molecular weight excluding hydrogens is 394 g/mol. The SMILES string of the molecule is Nc1cncc(-c2cc3c(-c4cc5c(-c6ccsc6)ccnc5[nH]4)n[nH]c3cn2)c1. The number of fused-ring (bicyclic) bond motifs is 2. The molecule has 8 heteroatoms. The number of pyridine rings is 3. The highest BCUT2D eigenvalue weighted by Crippen LogP contribution is 2.34. The summed E-state index contributed by atoms with van der Waals surface area (Å²) in [5.41, 5.74) is 13.9. The lowest BCUT2D eigenvalue weighted by molar-refractivity contribution is 1.11. The van der Waals surface area contributed by atoms with E-state index in [1.54, 1.807) is 29.9 Å². The van der Waals surface area contributed by atoms with Gasteiger partial charge in [-0.15, -0.1) is 0 Å². The number of thiophene rings is 1. The maximum atomic E-state index is 5.89. The molecule has 0 unspecified atom stereocenters. The largest absolute Gasteiger partial charge is 0.397 e. The number of nitrogen functional groups attached to an aromatic ring is 1. The Hall–Kier alpha value is -4.04. The molecule has 0 amide bonds. The molecule has 0 fully saturated rings. The van der Waals surface area contributed by atoms with Crippen LogP contribution in [0.1, 0.15) is 0 Å². The van der Waals surface area contributed by atoms with Gasteiger partial charge in [-0.25, -0.2) is 4.98 Å². The minimum atomic E-state index is 0.601. The van der Waals surface area contributed by atoms with E-state index >= 15 is 0 Å². The van der Waals surface area contributed by atoms with Crippen LogP contribution in [0.3, 0.4) is 0 Å². The van der Waals surface area contributed by atoms with Crippen LogP contribution in [0.4, 0.5) is 5.69 Å². The van der Waals surface area contributed by atoms with Gasteiger partial charge in [-0.1, -0.05) is 0 Å². The van der Waals surface area contributed by atoms with Gasteiger partial charge in [0.05, 0.1) is 28.8 Å². The second-order valence-corrected chi connectivity index (χ2v) is 7.79. The zero-order chi connectivity index (χ0) is 20.1. The van der Waals surface area contributed by atoms with E-state index in [-0.39, 0.29) is 0 Å². The third kappa shape index (κ3) is 2.66. The standard InChI is InChI=1S/C22H15N7S/c23-14-5-13(8-24-9-14)18-7-17-20(10-26-18)28-29-21(17)19-6-16-15(12-2-4-30-11-12)1-3-25-22(16)27-19/h1-11H,23H2,(H,25,27)(H,28,29). The van der Waals surface area contributed by atoms with Crippen molar-refractivity contribution in [2.45, 2.75) is 0 Å². The first-order valence-corrected chi connectivity index (χ1v) is 10.3. The molecule has 0 atom stereocenters. The molecule has 4 N–H and O–H groups in total. The number of nitrogens with one attached hydrogen (secondary N) is 2. The van der Waals surface area contributed by atoms with Crippen molar-refractivity contribution >= 4 is 39.0 Å². The van der Waals surface area contributed by atoms with Crippen LogP contribution in [-0.4, -0.2) is 30.1 Å². The van der Waals surface area contributed by atoms with E-state index in [4.69, 9.17) is 5.73 Å². The number of nitrogens with zero attached hydrogens (tertiary/aromatic N) is 4. The molecule has 6 heterocycles. The lowest BCUT2D eigenvalue weighted by atomic mass is 10.1. The second-order valence-electron chi connectivity index (χ2n) is 7.01. The average molecular weight is 409 g/mol. The van der Waals surface area contributed by atoms with E-state index in [1.807, 2.05) is 24.4 Å². The highest BCUT2D eigenvalue weighted by molar-refractivity contribution is 7.08. The molecular formula is C22H15N7S. The normalized spacial score (nSPS) is 11.5. The molecule has 0 saturated carbocycles. The third-order valence-corrected chi connectivity index (χ3v) is 5.80. The van der Waals surface area contributed by atoms with E-state index < -0.39 is 0 Å². The lowest BCUT2D eigenvalue weighted by Crippen LogP contribution is -1.89. The minimum absolute atomic E-state index is 0.601. The molecule has 0 spiro atoms. The Morgan fingerprint density at radius 1 is 0.933 bits per heavy atom. The van der Waals surface area contributed by atoms with Gasteiger partial charge in [-0.05, 0) is 52.2 Å². The van der Waals surface area contributed by atoms with Crippen LogP contribution in [0.15, 0.2) is 65.9 Å². The van der Waals surface area contributed by atoms with Crippen LogP contribution < -0.4 is 5.73 Å². The number of hydrogen-bond acceptors (Lipinski definition) is 6. The van der Waals surface area contributed by atoms with Gasteiger partial charge in [0.2, 0.25) is 0 Å². The van der Waals surface area contributed by atoms with Gasteiger partial charge in [-0.2, -0.15) is 16.4 Å². The van der Waals surface area contributed by atoms with E-state index in [0.717, 1.165) is 50.1 Å². The summed E-state index contributed by atoms with van der Waals surface area (Å²) in [6.07, 6.45) is 6.98. The number of nitrogens with two attached hydrogens (primary N) is 1. The predicted molar refractivity (Wildman–Crippen MR) is 120 cm³/mol. The van der Waals surface area contributed by atoms with E-state index in [2.05, 4.69) is 53.0 Å². The quantitative estimate of drug-likeness (QED) is 0.386. The summed E-state index contributed by atoms with van der Waals surface area (Å²) in [4.78, 5) is 16.6. The van der Waals surface area contributed by atoms with Crippen molar-refractivity contribution in [1.82, 2.24) is 30.1 Å². The summed E-state index contributed by atoms with van der Waals surface area (Å²) < 4.78 is 0. The van der Waals surface area contributed by atoms with Crippen LogP contribution in [0.2, 0.25) is 0 Å². The van der Waals surface area contributed by atoms with Crippen LogP contribution in [0, 0.1) is 0 Å². The van der Waals surface area contributed by atoms with Crippen molar-refractivity contribution < 1.29 is 0 Å². The van der Waals surface area contributed by atoms with Crippen molar-refractivity contribution in [2.75, 3.05) is 5.73 Å². The minimum Gasteiger partial charge on any atom is -0.397 e. The number of hydrogen-bond donors (Lipinski definition) is 3. The summed E-state index contributed by atoms with van der Waals surface area (Å²) >= 11 is 1.68. The molecule has 30 heavy (non-hydrogen) atoms. The molecule has 0 radical (unpaired) electrons. The fraction of sp³-hybridized carbons (Fsp3) is 0. The van der Waals surface area contributed by atoms with E-state index in [9.17, 15) is 0 Å². The van der Waals surface area contributed by atoms with E-state index in [0.29, 0.717) is 5.69 Å². The molecule has 0 saturated heterocycles. The molecule has 0 aliphatic rings. The fourth-order valence-corrected chi connectivity index (χ4v) is 4.36. The first kappa shape index (κ1) is 16.9. The Balaban J connectivity index is 1.52. The predicted octanol–water partition coefficient (Wildman–Crippen LogP) is 4.87. The van der Waals surface area contributed by atoms with Crippen LogP contribution in [0.25, 0.3) is 55.7 Å². The Labute approximate surface area is 174 Å². The molecule has 0 aliphatic heterocycles. The van der Waals surface area contributed by atoms with Gasteiger partial charge in [0.25, 0.3) is 0 Å². The highest BCUT2D eigenvalue weighted by atomic mass is 32.1. The summed E-state index contributed by atoms with van der Waals surface area (Å²) in [6.45, 7) is 0. The monoisotopic (exact) mass is 409 g/mol. The van der Waals surface area contributed by atoms with Gasteiger partial charge in [0.15, 0.2) is 0 Å². The van der Waals surface area contributed by atoms with Gasteiger partial charge in [0.1, 0.15) is 11.3 Å². The first-order valence-electron chi connectivity index (χ1n) is 9.32. The summed E-state index contributed by atoms with van der Waals surface area (Å²) in [7, 11) is 0. The van der Waals surface area contributed by atoms with Crippen molar-refractivity contribution in [3.05, 3.63) is 65.9 Å². The third-order valence-electron chi connectivity index (χ3n) is 5.12. The maximum absolute atomic E-state index is 5.89. The molecule has 0 bridgehead atoms. The number of aromatic nitrogens is 6. The number of H-pyrrole nitrogens is 2. The van der Waals surface area contributed by atoms with Gasteiger partial charge in [-0.3, -0.25) is 15.1 Å². The van der Waals surface area contributed by atoms with Crippen LogP contribution in [-0.2, 0) is 0 Å². The molecule has 7 nitrogen and oxygen atoms in total. The average Bonchev–Trinajstić information content (AvgIpc) is 3.51. The fourth-order valence-electron chi connectivity index (χ4n) is 3.70.